The molecular weight excluding hydrogens is 374 g/mol. The van der Waals surface area contributed by atoms with Crippen LogP contribution in [0.2, 0.25) is 0 Å². The van der Waals surface area contributed by atoms with Crippen molar-refractivity contribution in [1.29, 1.82) is 0 Å². The lowest BCUT2D eigenvalue weighted by molar-refractivity contribution is -0.0265. The quantitative estimate of drug-likeness (QED) is 0.540. The summed E-state index contributed by atoms with van der Waals surface area (Å²) in [6, 6.07) is 14.8. The van der Waals surface area contributed by atoms with E-state index in [9.17, 15) is 0 Å². The predicted octanol–water partition coefficient (Wildman–Crippen LogP) is 3.68. The second kappa shape index (κ2) is 11.0. The number of hydrogen-bond donors (Lipinski definition) is 2. The monoisotopic (exact) mass is 409 g/mol. The fourth-order valence-electron chi connectivity index (χ4n) is 3.71. The van der Waals surface area contributed by atoms with E-state index in [1.54, 1.807) is 0 Å². The van der Waals surface area contributed by atoms with E-state index >= 15 is 0 Å². The summed E-state index contributed by atoms with van der Waals surface area (Å²) in [6.45, 7) is 7.22. The maximum Gasteiger partial charge on any atom is 0.191 e. The summed E-state index contributed by atoms with van der Waals surface area (Å²) < 4.78 is 6.16. The van der Waals surface area contributed by atoms with E-state index in [1.165, 1.54) is 11.1 Å². The number of pyridine rings is 1. The Morgan fingerprint density at radius 1 is 1.17 bits per heavy atom. The first-order valence-electron chi connectivity index (χ1n) is 10.9. The lowest BCUT2D eigenvalue weighted by Gasteiger charge is -2.32. The highest BCUT2D eigenvalue weighted by Gasteiger charge is 2.27. The fraction of sp³-hybridized carbons (Fsp3) is 0.500. The Kier molecular flexibility index (Phi) is 8.08. The highest BCUT2D eigenvalue weighted by Crippen LogP contribution is 2.33. The average molecular weight is 410 g/mol. The van der Waals surface area contributed by atoms with Gasteiger partial charge in [0.25, 0.3) is 0 Å². The minimum atomic E-state index is 0.133. The maximum atomic E-state index is 6.16. The third-order valence-electron chi connectivity index (χ3n) is 5.38. The molecule has 2 heterocycles. The van der Waals surface area contributed by atoms with E-state index in [0.29, 0.717) is 12.5 Å². The molecule has 3 rings (SSSR count). The second-order valence-corrected chi connectivity index (χ2v) is 8.06. The van der Waals surface area contributed by atoms with Crippen molar-refractivity contribution in [2.24, 2.45) is 10.9 Å². The number of nitrogens with one attached hydrogen (secondary N) is 2. The van der Waals surface area contributed by atoms with Gasteiger partial charge in [0.2, 0.25) is 0 Å². The molecule has 1 aliphatic heterocycles. The summed E-state index contributed by atoms with van der Waals surface area (Å²) in [5.74, 6) is 2.18. The van der Waals surface area contributed by atoms with Crippen molar-refractivity contribution < 1.29 is 4.74 Å². The summed E-state index contributed by atoms with van der Waals surface area (Å²) in [6.07, 6.45) is 2.38. The van der Waals surface area contributed by atoms with Gasteiger partial charge >= 0.3 is 0 Å². The van der Waals surface area contributed by atoms with Gasteiger partial charge in [0.15, 0.2) is 5.96 Å². The third-order valence-corrected chi connectivity index (χ3v) is 5.38. The molecular formula is C24H35N5O. The highest BCUT2D eigenvalue weighted by atomic mass is 16.5. The van der Waals surface area contributed by atoms with Crippen LogP contribution < -0.4 is 15.5 Å². The second-order valence-electron chi connectivity index (χ2n) is 8.06. The van der Waals surface area contributed by atoms with Gasteiger partial charge in [-0.05, 0) is 44.4 Å². The topological polar surface area (TPSA) is 61.8 Å². The molecule has 1 aromatic heterocycles. The van der Waals surface area contributed by atoms with Crippen molar-refractivity contribution in [3.05, 3.63) is 59.3 Å². The normalized spacial score (nSPS) is 19.4. The molecule has 0 saturated carbocycles. The summed E-state index contributed by atoms with van der Waals surface area (Å²) in [4.78, 5) is 11.4. The zero-order chi connectivity index (χ0) is 21.3. The Morgan fingerprint density at radius 2 is 1.97 bits per heavy atom. The Morgan fingerprint density at radius 3 is 2.70 bits per heavy atom. The third kappa shape index (κ3) is 6.20. The fourth-order valence-corrected chi connectivity index (χ4v) is 3.71. The number of aryl methyl sites for hydroxylation is 1. The van der Waals surface area contributed by atoms with Crippen molar-refractivity contribution >= 4 is 11.8 Å². The number of aliphatic imine (C=N–C) groups is 1. The van der Waals surface area contributed by atoms with Gasteiger partial charge < -0.3 is 20.3 Å². The number of guanidine groups is 1. The van der Waals surface area contributed by atoms with Crippen molar-refractivity contribution in [2.75, 3.05) is 38.7 Å². The SMILES string of the molecule is CCNC(=NCc1cccc(N(C)C)n1)NCC1CCCOC1c1ccc(C)cc1. The minimum Gasteiger partial charge on any atom is -0.373 e. The van der Waals surface area contributed by atoms with Crippen LogP contribution >= 0.6 is 0 Å². The van der Waals surface area contributed by atoms with Gasteiger partial charge in [-0.3, -0.25) is 0 Å². The van der Waals surface area contributed by atoms with Crippen molar-refractivity contribution in [2.45, 2.75) is 39.3 Å². The molecule has 6 heteroatoms. The van der Waals surface area contributed by atoms with E-state index in [2.05, 4.69) is 53.7 Å². The number of anilines is 1. The van der Waals surface area contributed by atoms with Gasteiger partial charge in [0.1, 0.15) is 5.82 Å². The van der Waals surface area contributed by atoms with E-state index < -0.39 is 0 Å². The molecule has 2 unspecified atom stereocenters. The molecule has 2 atom stereocenters. The molecule has 6 nitrogen and oxygen atoms in total. The Balaban J connectivity index is 1.64. The molecule has 1 aromatic carbocycles. The molecule has 0 bridgehead atoms. The van der Waals surface area contributed by atoms with Crippen molar-refractivity contribution in [3.63, 3.8) is 0 Å². The summed E-state index contributed by atoms with van der Waals surface area (Å²) in [7, 11) is 4.00. The van der Waals surface area contributed by atoms with Crippen LogP contribution in [-0.2, 0) is 11.3 Å². The zero-order valence-electron chi connectivity index (χ0n) is 18.7. The molecule has 0 aliphatic carbocycles. The minimum absolute atomic E-state index is 0.133. The van der Waals surface area contributed by atoms with Gasteiger partial charge in [-0.25, -0.2) is 9.98 Å². The first kappa shape index (κ1) is 22.1. The first-order chi connectivity index (χ1) is 14.6. The van der Waals surface area contributed by atoms with E-state index in [0.717, 1.165) is 50.0 Å². The van der Waals surface area contributed by atoms with Crippen LogP contribution in [0.4, 0.5) is 5.82 Å². The summed E-state index contributed by atoms with van der Waals surface area (Å²) in [5, 5.41) is 6.88. The smallest absolute Gasteiger partial charge is 0.191 e. The average Bonchev–Trinajstić information content (AvgIpc) is 2.76. The first-order valence-corrected chi connectivity index (χ1v) is 10.9. The number of aromatic nitrogens is 1. The Labute approximate surface area is 180 Å². The highest BCUT2D eigenvalue weighted by molar-refractivity contribution is 5.79. The zero-order valence-corrected chi connectivity index (χ0v) is 18.7. The predicted molar refractivity (Wildman–Crippen MR) is 124 cm³/mol. The van der Waals surface area contributed by atoms with Crippen LogP contribution in [-0.4, -0.2) is 44.7 Å². The van der Waals surface area contributed by atoms with Crippen LogP contribution in [0.15, 0.2) is 47.5 Å². The number of nitrogens with zero attached hydrogens (tertiary/aromatic N) is 3. The number of hydrogen-bond acceptors (Lipinski definition) is 4. The molecule has 0 spiro atoms. The van der Waals surface area contributed by atoms with Gasteiger partial charge in [0.05, 0.1) is 18.3 Å². The van der Waals surface area contributed by atoms with Crippen LogP contribution in [0, 0.1) is 12.8 Å². The molecule has 2 N–H and O–H groups in total. The molecule has 1 fully saturated rings. The Bertz CT molecular complexity index is 819. The molecule has 1 saturated heterocycles. The van der Waals surface area contributed by atoms with E-state index in [-0.39, 0.29) is 6.10 Å². The van der Waals surface area contributed by atoms with Gasteiger partial charge in [-0.2, -0.15) is 0 Å². The number of benzene rings is 1. The van der Waals surface area contributed by atoms with Gasteiger partial charge in [-0.15, -0.1) is 0 Å². The molecule has 0 radical (unpaired) electrons. The Hall–Kier alpha value is -2.60. The standard InChI is InChI=1S/C24H35N5O/c1-5-25-24(27-17-21-9-6-10-22(28-21)29(3)4)26-16-20-8-7-15-30-23(20)19-13-11-18(2)12-14-19/h6,9-14,20,23H,5,7-8,15-17H2,1-4H3,(H2,25,26,27). The van der Waals surface area contributed by atoms with E-state index in [4.69, 9.17) is 9.73 Å². The van der Waals surface area contributed by atoms with Crippen LogP contribution in [0.3, 0.4) is 0 Å². The van der Waals surface area contributed by atoms with Gasteiger partial charge in [-0.1, -0.05) is 35.9 Å². The lowest BCUT2D eigenvalue weighted by atomic mass is 9.89. The molecule has 2 aromatic rings. The lowest BCUT2D eigenvalue weighted by Crippen LogP contribution is -2.42. The summed E-state index contributed by atoms with van der Waals surface area (Å²) in [5.41, 5.74) is 3.49. The molecule has 1 aliphatic rings. The van der Waals surface area contributed by atoms with Crippen LogP contribution in [0.25, 0.3) is 0 Å². The van der Waals surface area contributed by atoms with Gasteiger partial charge in [0, 0.05) is 39.7 Å². The van der Waals surface area contributed by atoms with Crippen molar-refractivity contribution in [3.8, 4) is 0 Å². The molecule has 0 amide bonds. The van der Waals surface area contributed by atoms with E-state index in [1.807, 2.05) is 37.2 Å². The number of rotatable bonds is 7. The molecule has 30 heavy (non-hydrogen) atoms. The number of ether oxygens (including phenoxy) is 1. The van der Waals surface area contributed by atoms with Crippen molar-refractivity contribution in [1.82, 2.24) is 15.6 Å². The molecule has 162 valence electrons. The van der Waals surface area contributed by atoms with Crippen LogP contribution in [0.1, 0.15) is 42.7 Å². The largest absolute Gasteiger partial charge is 0.373 e. The maximum absolute atomic E-state index is 6.16. The van der Waals surface area contributed by atoms with Crippen LogP contribution in [0.5, 0.6) is 0 Å². The summed E-state index contributed by atoms with van der Waals surface area (Å²) >= 11 is 0.